The number of rotatable bonds is 11. The third kappa shape index (κ3) is 4.90. The molecule has 5 heteroatoms. The van der Waals surface area contributed by atoms with Crippen molar-refractivity contribution >= 4 is 16.8 Å². The van der Waals surface area contributed by atoms with Crippen LogP contribution in [-0.4, -0.2) is 48.7 Å². The van der Waals surface area contributed by atoms with Gasteiger partial charge in [-0.1, -0.05) is 48.5 Å². The number of hydrogen-bond donors (Lipinski definition) is 0. The topological polar surface area (TPSA) is 21.7 Å². The zero-order valence-electron chi connectivity index (χ0n) is 16.8. The zero-order chi connectivity index (χ0) is 17.6. The van der Waals surface area contributed by atoms with Crippen LogP contribution in [0.3, 0.4) is 0 Å². The van der Waals surface area contributed by atoms with E-state index in [-0.39, 0.29) is 0 Å². The molecule has 0 aromatic carbocycles. The molecule has 0 atom stereocenters. The van der Waals surface area contributed by atoms with E-state index in [1.807, 2.05) is 0 Å². The van der Waals surface area contributed by atoms with Gasteiger partial charge >= 0.3 is 8.56 Å². The van der Waals surface area contributed by atoms with Crippen molar-refractivity contribution < 1.29 is 8.85 Å². The molecule has 0 saturated heterocycles. The summed E-state index contributed by atoms with van der Waals surface area (Å²) in [7, 11) is 0.153. The Labute approximate surface area is 142 Å². The molecule has 0 spiro atoms. The van der Waals surface area contributed by atoms with Gasteiger partial charge in [0.25, 0.3) is 0 Å². The molecule has 3 nitrogen and oxygen atoms in total. The lowest BCUT2D eigenvalue weighted by molar-refractivity contribution is 0.246. The Balaban J connectivity index is 5.12. The summed E-state index contributed by atoms with van der Waals surface area (Å²) in [5.74, 6) is 0. The SMILES string of the molecule is CCN(CCC[Si](C)(OC)OC)[Si](C(C)C)(C(C)C)C(C)C. The van der Waals surface area contributed by atoms with Crippen LogP contribution in [0.1, 0.15) is 54.9 Å². The van der Waals surface area contributed by atoms with Gasteiger partial charge in [0.1, 0.15) is 8.24 Å². The van der Waals surface area contributed by atoms with Gasteiger partial charge in [-0.05, 0) is 48.7 Å². The van der Waals surface area contributed by atoms with Crippen molar-refractivity contribution in [3.8, 4) is 0 Å². The van der Waals surface area contributed by atoms with E-state index < -0.39 is 16.8 Å². The van der Waals surface area contributed by atoms with E-state index in [9.17, 15) is 0 Å². The van der Waals surface area contributed by atoms with E-state index in [1.165, 1.54) is 19.5 Å². The fraction of sp³-hybridized carbons (Fsp3) is 1.00. The fourth-order valence-corrected chi connectivity index (χ4v) is 13.3. The first-order chi connectivity index (χ1) is 10.1. The first kappa shape index (κ1) is 22.3. The quantitative estimate of drug-likeness (QED) is 0.477. The van der Waals surface area contributed by atoms with Crippen LogP contribution in [0, 0.1) is 0 Å². The number of nitrogens with zero attached hydrogens (tertiary/aromatic N) is 1. The highest BCUT2D eigenvalue weighted by atomic mass is 28.4. The van der Waals surface area contributed by atoms with E-state index >= 15 is 0 Å². The summed E-state index contributed by atoms with van der Waals surface area (Å²) < 4.78 is 14.1. The average molecular weight is 348 g/mol. The van der Waals surface area contributed by atoms with Gasteiger partial charge in [0.15, 0.2) is 0 Å². The summed E-state index contributed by atoms with van der Waals surface area (Å²) in [6.07, 6.45) is 1.18. The maximum atomic E-state index is 5.64. The van der Waals surface area contributed by atoms with E-state index in [4.69, 9.17) is 8.85 Å². The molecule has 0 aliphatic rings. The lowest BCUT2D eigenvalue weighted by atomic mass is 10.5. The molecular weight excluding hydrogens is 306 g/mol. The van der Waals surface area contributed by atoms with Gasteiger partial charge in [-0.15, -0.1) is 0 Å². The molecule has 0 aromatic heterocycles. The van der Waals surface area contributed by atoms with Crippen LogP contribution in [0.15, 0.2) is 0 Å². The van der Waals surface area contributed by atoms with Gasteiger partial charge in [0, 0.05) is 14.2 Å². The minimum absolute atomic E-state index is 0.779. The molecule has 0 rings (SSSR count). The second-order valence-electron chi connectivity index (χ2n) is 7.58. The largest absolute Gasteiger partial charge is 0.398 e. The predicted molar refractivity (Wildman–Crippen MR) is 103 cm³/mol. The van der Waals surface area contributed by atoms with Gasteiger partial charge in [-0.2, -0.15) is 0 Å². The van der Waals surface area contributed by atoms with E-state index in [1.54, 1.807) is 14.2 Å². The molecule has 0 bridgehead atoms. The Morgan fingerprint density at radius 1 is 0.864 bits per heavy atom. The molecule has 0 aliphatic carbocycles. The van der Waals surface area contributed by atoms with Crippen LogP contribution in [0.2, 0.25) is 29.2 Å². The third-order valence-electron chi connectivity index (χ3n) is 5.63. The Morgan fingerprint density at radius 2 is 1.27 bits per heavy atom. The summed E-state index contributed by atoms with van der Waals surface area (Å²) in [6, 6.07) is 1.08. The molecule has 0 saturated carbocycles. The van der Waals surface area contributed by atoms with Crippen LogP contribution in [0.4, 0.5) is 0 Å². The lowest BCUT2D eigenvalue weighted by Gasteiger charge is -2.51. The van der Waals surface area contributed by atoms with Gasteiger partial charge in [-0.25, -0.2) is 0 Å². The monoisotopic (exact) mass is 347 g/mol. The van der Waals surface area contributed by atoms with Crippen molar-refractivity contribution in [1.82, 2.24) is 4.57 Å². The highest BCUT2D eigenvalue weighted by Gasteiger charge is 2.47. The minimum Gasteiger partial charge on any atom is -0.398 e. The average Bonchev–Trinajstić information content (AvgIpc) is 2.44. The summed E-state index contributed by atoms with van der Waals surface area (Å²) in [4.78, 5) is 0. The van der Waals surface area contributed by atoms with Crippen molar-refractivity contribution in [2.75, 3.05) is 27.3 Å². The molecular formula is C17H41NO2Si2. The molecule has 0 aromatic rings. The van der Waals surface area contributed by atoms with Gasteiger partial charge in [-0.3, -0.25) is 0 Å². The van der Waals surface area contributed by atoms with Crippen molar-refractivity contribution in [1.29, 1.82) is 0 Å². The molecule has 0 aliphatic heterocycles. The molecule has 134 valence electrons. The van der Waals surface area contributed by atoms with Crippen molar-refractivity contribution in [3.63, 3.8) is 0 Å². The van der Waals surface area contributed by atoms with Gasteiger partial charge in [0.2, 0.25) is 0 Å². The normalized spacial score (nSPS) is 13.9. The van der Waals surface area contributed by atoms with Crippen molar-refractivity contribution in [2.45, 2.75) is 84.1 Å². The second kappa shape index (κ2) is 9.57. The molecule has 0 N–H and O–H groups in total. The van der Waals surface area contributed by atoms with Gasteiger partial charge < -0.3 is 13.4 Å². The highest BCUT2D eigenvalue weighted by Crippen LogP contribution is 2.44. The summed E-state index contributed by atoms with van der Waals surface area (Å²) in [5.41, 5.74) is 2.34. The van der Waals surface area contributed by atoms with Crippen LogP contribution in [0.25, 0.3) is 0 Å². The van der Waals surface area contributed by atoms with E-state index in [0.717, 1.165) is 22.7 Å². The Hall–Kier alpha value is 0.314. The Morgan fingerprint density at radius 3 is 1.55 bits per heavy atom. The zero-order valence-corrected chi connectivity index (χ0v) is 18.8. The maximum absolute atomic E-state index is 5.64. The van der Waals surface area contributed by atoms with Crippen molar-refractivity contribution in [3.05, 3.63) is 0 Å². The van der Waals surface area contributed by atoms with Crippen LogP contribution < -0.4 is 0 Å². The first-order valence-electron chi connectivity index (χ1n) is 8.97. The third-order valence-corrected chi connectivity index (χ3v) is 15.8. The van der Waals surface area contributed by atoms with Crippen LogP contribution >= 0.6 is 0 Å². The Bertz CT molecular complexity index is 283. The molecule has 0 unspecified atom stereocenters. The lowest BCUT2D eigenvalue weighted by Crippen LogP contribution is -2.60. The predicted octanol–water partition coefficient (Wildman–Crippen LogP) is 5.24. The summed E-state index contributed by atoms with van der Waals surface area (Å²) in [5, 5.41) is 0. The molecule has 0 fully saturated rings. The molecule has 22 heavy (non-hydrogen) atoms. The van der Waals surface area contributed by atoms with E-state index in [0.29, 0.717) is 0 Å². The number of hydrogen-bond acceptors (Lipinski definition) is 3. The molecule has 0 radical (unpaired) electrons. The van der Waals surface area contributed by atoms with E-state index in [2.05, 4.69) is 59.6 Å². The summed E-state index contributed by atoms with van der Waals surface area (Å²) >= 11 is 0. The maximum Gasteiger partial charge on any atom is 0.334 e. The van der Waals surface area contributed by atoms with Gasteiger partial charge in [0.05, 0.1) is 0 Å². The molecule has 0 amide bonds. The smallest absolute Gasteiger partial charge is 0.334 e. The van der Waals surface area contributed by atoms with Crippen molar-refractivity contribution in [2.24, 2.45) is 0 Å². The highest BCUT2D eigenvalue weighted by molar-refractivity contribution is 6.81. The minimum atomic E-state index is -1.93. The van der Waals surface area contributed by atoms with Crippen LogP contribution in [-0.2, 0) is 8.85 Å². The second-order valence-corrected chi connectivity index (χ2v) is 17.0. The standard InChI is InChI=1S/C17H41NO2Si2/c1-11-18(13-12-14-21(10,19-8)20-9)22(15(2)3,16(4)5)17(6)7/h15-17H,11-14H2,1-10H3. The Kier molecular flexibility index (Phi) is 9.71. The van der Waals surface area contributed by atoms with Crippen LogP contribution in [0.5, 0.6) is 0 Å². The first-order valence-corrected chi connectivity index (χ1v) is 13.7. The fourth-order valence-electron chi connectivity index (χ4n) is 4.60. The summed E-state index contributed by atoms with van der Waals surface area (Å²) in [6.45, 7) is 21.5. The molecule has 0 heterocycles.